The normalized spacial score (nSPS) is 14.5. The second-order valence-corrected chi connectivity index (χ2v) is 7.34. The number of nitrogens with one attached hydrogen (secondary N) is 1. The fraction of sp³-hybridized carbons (Fsp3) is 0.250. The number of carbonyl (C=O) groups excluding carboxylic acids is 2. The van der Waals surface area contributed by atoms with Gasteiger partial charge in [-0.3, -0.25) is 14.5 Å². The molecule has 30 heavy (non-hydrogen) atoms. The molecule has 0 saturated carbocycles. The quantitative estimate of drug-likeness (QED) is 0.687. The lowest BCUT2D eigenvalue weighted by Crippen LogP contribution is -2.51. The number of para-hydroxylation sites is 1. The number of carbonyl (C=O) groups is 2. The van der Waals surface area contributed by atoms with E-state index in [-0.39, 0.29) is 18.4 Å². The van der Waals surface area contributed by atoms with Crippen LogP contribution in [-0.4, -0.2) is 60.9 Å². The number of fused-ring (bicyclic) bond motifs is 1. The van der Waals surface area contributed by atoms with Gasteiger partial charge in [-0.25, -0.2) is 0 Å². The topological polar surface area (TPSA) is 61.9 Å². The minimum absolute atomic E-state index is 0.0164. The van der Waals surface area contributed by atoms with Crippen molar-refractivity contribution < 1.29 is 14.3 Å². The highest BCUT2D eigenvalue weighted by Crippen LogP contribution is 2.25. The van der Waals surface area contributed by atoms with Crippen molar-refractivity contribution in [1.29, 1.82) is 0 Å². The van der Waals surface area contributed by atoms with E-state index in [0.29, 0.717) is 32.7 Å². The molecule has 1 aliphatic rings. The van der Waals surface area contributed by atoms with Crippen LogP contribution in [0.25, 0.3) is 10.8 Å². The molecule has 0 spiro atoms. The molecule has 6 heteroatoms. The Kier molecular flexibility index (Phi) is 6.25. The van der Waals surface area contributed by atoms with E-state index >= 15 is 0 Å². The van der Waals surface area contributed by atoms with Crippen LogP contribution in [0.15, 0.2) is 72.8 Å². The number of benzene rings is 3. The van der Waals surface area contributed by atoms with E-state index in [1.165, 1.54) is 0 Å². The maximum Gasteiger partial charge on any atom is 0.260 e. The second-order valence-electron chi connectivity index (χ2n) is 7.34. The molecule has 0 atom stereocenters. The highest BCUT2D eigenvalue weighted by molar-refractivity contribution is 5.92. The molecule has 3 aromatic carbocycles. The first kappa shape index (κ1) is 19.9. The Morgan fingerprint density at radius 1 is 0.833 bits per heavy atom. The molecular weight excluding hydrogens is 378 g/mol. The minimum Gasteiger partial charge on any atom is -0.483 e. The molecule has 4 rings (SSSR count). The summed E-state index contributed by atoms with van der Waals surface area (Å²) in [7, 11) is 0. The van der Waals surface area contributed by atoms with Gasteiger partial charge in [0.15, 0.2) is 6.61 Å². The van der Waals surface area contributed by atoms with Gasteiger partial charge in [0, 0.05) is 37.3 Å². The van der Waals surface area contributed by atoms with Gasteiger partial charge in [-0.2, -0.15) is 0 Å². The third kappa shape index (κ3) is 4.96. The summed E-state index contributed by atoms with van der Waals surface area (Å²) in [4.78, 5) is 28.7. The van der Waals surface area contributed by atoms with E-state index in [1.54, 1.807) is 4.90 Å². The van der Waals surface area contributed by atoms with Crippen LogP contribution in [0.4, 0.5) is 5.69 Å². The smallest absolute Gasteiger partial charge is 0.260 e. The summed E-state index contributed by atoms with van der Waals surface area (Å²) >= 11 is 0. The van der Waals surface area contributed by atoms with E-state index < -0.39 is 0 Å². The maximum absolute atomic E-state index is 12.6. The van der Waals surface area contributed by atoms with Crippen molar-refractivity contribution in [2.75, 3.05) is 44.6 Å². The lowest BCUT2D eigenvalue weighted by atomic mass is 10.1. The lowest BCUT2D eigenvalue weighted by molar-refractivity contribution is -0.135. The zero-order chi connectivity index (χ0) is 20.8. The molecule has 1 aliphatic heterocycles. The molecule has 1 heterocycles. The van der Waals surface area contributed by atoms with Crippen molar-refractivity contribution >= 4 is 28.3 Å². The number of rotatable bonds is 6. The molecular formula is C24H25N3O3. The molecule has 0 aliphatic carbocycles. The largest absolute Gasteiger partial charge is 0.483 e. The van der Waals surface area contributed by atoms with E-state index in [1.807, 2.05) is 72.8 Å². The highest BCUT2D eigenvalue weighted by Gasteiger charge is 2.23. The Labute approximate surface area is 176 Å². The Morgan fingerprint density at radius 3 is 2.33 bits per heavy atom. The molecule has 0 bridgehead atoms. The molecule has 0 radical (unpaired) electrons. The standard InChI is InChI=1S/C24H25N3O3/c28-23(25-20-9-2-1-3-10-20)17-26-13-15-27(16-14-26)24(29)18-30-22-12-6-8-19-7-4-5-11-21(19)22/h1-12H,13-18H2,(H,25,28). The first-order valence-electron chi connectivity index (χ1n) is 10.1. The van der Waals surface area contributed by atoms with Gasteiger partial charge in [0.1, 0.15) is 5.75 Å². The number of hydrogen-bond acceptors (Lipinski definition) is 4. The molecule has 154 valence electrons. The average Bonchev–Trinajstić information content (AvgIpc) is 2.78. The second kappa shape index (κ2) is 9.41. The van der Waals surface area contributed by atoms with Gasteiger partial charge in [-0.05, 0) is 23.6 Å². The summed E-state index contributed by atoms with van der Waals surface area (Å²) in [6.07, 6.45) is 0. The van der Waals surface area contributed by atoms with Crippen LogP contribution < -0.4 is 10.1 Å². The predicted octanol–water partition coefficient (Wildman–Crippen LogP) is 3.00. The van der Waals surface area contributed by atoms with Crippen LogP contribution in [0.2, 0.25) is 0 Å². The van der Waals surface area contributed by atoms with Gasteiger partial charge in [0.05, 0.1) is 6.54 Å². The Balaban J connectivity index is 1.24. The van der Waals surface area contributed by atoms with Gasteiger partial charge in [0.2, 0.25) is 5.91 Å². The molecule has 1 fully saturated rings. The van der Waals surface area contributed by atoms with Crippen molar-refractivity contribution in [3.63, 3.8) is 0 Å². The number of piperazine rings is 1. The molecule has 0 unspecified atom stereocenters. The monoisotopic (exact) mass is 403 g/mol. The number of hydrogen-bond donors (Lipinski definition) is 1. The highest BCUT2D eigenvalue weighted by atomic mass is 16.5. The van der Waals surface area contributed by atoms with E-state index in [0.717, 1.165) is 22.2 Å². The van der Waals surface area contributed by atoms with Crippen LogP contribution in [-0.2, 0) is 9.59 Å². The third-order valence-corrected chi connectivity index (χ3v) is 5.25. The van der Waals surface area contributed by atoms with Crippen LogP contribution in [0, 0.1) is 0 Å². The van der Waals surface area contributed by atoms with Gasteiger partial charge in [0.25, 0.3) is 5.91 Å². The molecule has 3 aromatic rings. The zero-order valence-corrected chi connectivity index (χ0v) is 16.8. The van der Waals surface area contributed by atoms with E-state index in [2.05, 4.69) is 10.2 Å². The average molecular weight is 403 g/mol. The van der Waals surface area contributed by atoms with Gasteiger partial charge >= 0.3 is 0 Å². The number of amides is 2. The lowest BCUT2D eigenvalue weighted by Gasteiger charge is -2.34. The van der Waals surface area contributed by atoms with Crippen LogP contribution in [0.1, 0.15) is 0 Å². The zero-order valence-electron chi connectivity index (χ0n) is 16.8. The van der Waals surface area contributed by atoms with Crippen molar-refractivity contribution in [3.05, 3.63) is 72.8 Å². The number of anilines is 1. The first-order chi connectivity index (χ1) is 14.7. The molecule has 1 saturated heterocycles. The molecule has 2 amide bonds. The summed E-state index contributed by atoms with van der Waals surface area (Å²) in [6, 6.07) is 23.2. The molecule has 6 nitrogen and oxygen atoms in total. The van der Waals surface area contributed by atoms with Crippen molar-refractivity contribution in [2.45, 2.75) is 0 Å². The Morgan fingerprint density at radius 2 is 1.53 bits per heavy atom. The van der Waals surface area contributed by atoms with Crippen molar-refractivity contribution in [3.8, 4) is 5.75 Å². The van der Waals surface area contributed by atoms with Gasteiger partial charge < -0.3 is 15.0 Å². The minimum atomic E-state index is -0.0414. The van der Waals surface area contributed by atoms with E-state index in [9.17, 15) is 9.59 Å². The summed E-state index contributed by atoms with van der Waals surface area (Å²) in [5, 5.41) is 4.98. The fourth-order valence-electron chi connectivity index (χ4n) is 3.63. The summed E-state index contributed by atoms with van der Waals surface area (Å²) in [5.41, 5.74) is 0.793. The number of nitrogens with zero attached hydrogens (tertiary/aromatic N) is 2. The predicted molar refractivity (Wildman–Crippen MR) is 118 cm³/mol. The van der Waals surface area contributed by atoms with Crippen LogP contribution in [0.3, 0.4) is 0 Å². The summed E-state index contributed by atoms with van der Waals surface area (Å²) < 4.78 is 5.82. The van der Waals surface area contributed by atoms with Crippen molar-refractivity contribution in [2.24, 2.45) is 0 Å². The first-order valence-corrected chi connectivity index (χ1v) is 10.1. The van der Waals surface area contributed by atoms with Crippen LogP contribution >= 0.6 is 0 Å². The fourth-order valence-corrected chi connectivity index (χ4v) is 3.63. The Hall–Kier alpha value is -3.38. The van der Waals surface area contributed by atoms with Crippen LogP contribution in [0.5, 0.6) is 5.75 Å². The SMILES string of the molecule is O=C(CN1CCN(C(=O)COc2cccc3ccccc23)CC1)Nc1ccccc1. The third-order valence-electron chi connectivity index (χ3n) is 5.25. The van der Waals surface area contributed by atoms with Gasteiger partial charge in [-0.1, -0.05) is 54.6 Å². The van der Waals surface area contributed by atoms with E-state index in [4.69, 9.17) is 4.74 Å². The number of ether oxygens (including phenoxy) is 1. The Bertz CT molecular complexity index is 1010. The summed E-state index contributed by atoms with van der Waals surface area (Å²) in [6.45, 7) is 2.86. The summed E-state index contributed by atoms with van der Waals surface area (Å²) in [5.74, 6) is 0.647. The van der Waals surface area contributed by atoms with Crippen molar-refractivity contribution in [1.82, 2.24) is 9.80 Å². The van der Waals surface area contributed by atoms with Gasteiger partial charge in [-0.15, -0.1) is 0 Å². The molecule has 1 N–H and O–H groups in total. The maximum atomic E-state index is 12.6. The molecule has 0 aromatic heterocycles.